The molecule has 0 saturated heterocycles. The van der Waals surface area contributed by atoms with Gasteiger partial charge in [0.05, 0.1) is 5.41 Å². The second-order valence-corrected chi connectivity index (χ2v) is 9.73. The van der Waals surface area contributed by atoms with Crippen molar-refractivity contribution in [3.8, 4) is 11.1 Å². The van der Waals surface area contributed by atoms with Crippen molar-refractivity contribution in [1.29, 1.82) is 0 Å². The number of carbonyl (C=O) groups excluding carboxylic acids is 2. The smallest absolute Gasteiger partial charge is 0.407 e. The number of carboxylic acid groups (broad SMARTS) is 1. The Bertz CT molecular complexity index is 998. The molecule has 0 saturated carbocycles. The standard InChI is InChI=1S/C26H32N2O5S/c1-4-26(2,24(30)31)16-27-23(29)22(13-14-34-3)28-25(32)33-15-21-19-11-7-5-9-17(19)18-10-6-8-12-20(18)21/h5-12,21-22H,4,13-16H2,1-3H3,(H,27,29)(H,28,32)(H,30,31)/t22-,26?/m1/s1. The SMILES string of the molecule is CCC(C)(CNC(=O)[C@@H](CCSC)NC(=O)OCC1c2ccccc2-c2ccccc21)C(=O)O. The van der Waals surface area contributed by atoms with Crippen LogP contribution in [0.1, 0.15) is 43.7 Å². The molecule has 0 aromatic heterocycles. The van der Waals surface area contributed by atoms with Gasteiger partial charge in [0.1, 0.15) is 12.6 Å². The molecule has 34 heavy (non-hydrogen) atoms. The number of nitrogens with one attached hydrogen (secondary N) is 2. The Morgan fingerprint density at radius 2 is 1.68 bits per heavy atom. The van der Waals surface area contributed by atoms with Gasteiger partial charge in [-0.05, 0) is 54.0 Å². The Balaban J connectivity index is 1.63. The molecule has 2 amide bonds. The van der Waals surface area contributed by atoms with E-state index in [4.69, 9.17) is 4.74 Å². The zero-order valence-corrected chi connectivity index (χ0v) is 20.6. The Kier molecular flexibility index (Phi) is 8.61. The molecule has 8 heteroatoms. The Labute approximate surface area is 204 Å². The van der Waals surface area contributed by atoms with Crippen molar-refractivity contribution in [2.24, 2.45) is 5.41 Å². The molecule has 0 bridgehead atoms. The van der Waals surface area contributed by atoms with Crippen molar-refractivity contribution in [3.63, 3.8) is 0 Å². The van der Waals surface area contributed by atoms with Crippen LogP contribution < -0.4 is 10.6 Å². The second kappa shape index (κ2) is 11.4. The molecular formula is C26H32N2O5S. The van der Waals surface area contributed by atoms with E-state index in [9.17, 15) is 19.5 Å². The molecule has 1 aliphatic rings. The van der Waals surface area contributed by atoms with Gasteiger partial charge in [-0.3, -0.25) is 9.59 Å². The maximum Gasteiger partial charge on any atom is 0.407 e. The minimum absolute atomic E-state index is 0.0141. The molecule has 2 aromatic rings. The summed E-state index contributed by atoms with van der Waals surface area (Å²) >= 11 is 1.56. The molecule has 0 fully saturated rings. The molecular weight excluding hydrogens is 452 g/mol. The largest absolute Gasteiger partial charge is 0.481 e. The fraction of sp³-hybridized carbons (Fsp3) is 0.423. The molecule has 0 radical (unpaired) electrons. The maximum absolute atomic E-state index is 12.8. The minimum Gasteiger partial charge on any atom is -0.481 e. The molecule has 1 aliphatic carbocycles. The van der Waals surface area contributed by atoms with Crippen LogP contribution in [-0.2, 0) is 14.3 Å². The van der Waals surface area contributed by atoms with E-state index in [1.807, 2.05) is 42.7 Å². The molecule has 3 N–H and O–H groups in total. The van der Waals surface area contributed by atoms with Crippen molar-refractivity contribution < 1.29 is 24.2 Å². The number of benzene rings is 2. The second-order valence-electron chi connectivity index (χ2n) is 8.74. The van der Waals surface area contributed by atoms with Crippen LogP contribution in [0.25, 0.3) is 11.1 Å². The fourth-order valence-electron chi connectivity index (χ4n) is 4.04. The molecule has 3 rings (SSSR count). The van der Waals surface area contributed by atoms with Crippen molar-refractivity contribution in [1.82, 2.24) is 10.6 Å². The highest BCUT2D eigenvalue weighted by atomic mass is 32.2. The van der Waals surface area contributed by atoms with Gasteiger partial charge in [-0.15, -0.1) is 0 Å². The van der Waals surface area contributed by atoms with E-state index in [1.54, 1.807) is 25.6 Å². The van der Waals surface area contributed by atoms with E-state index in [1.165, 1.54) is 0 Å². The van der Waals surface area contributed by atoms with Gasteiger partial charge in [0.25, 0.3) is 0 Å². The van der Waals surface area contributed by atoms with Crippen molar-refractivity contribution in [2.75, 3.05) is 25.2 Å². The highest BCUT2D eigenvalue weighted by Gasteiger charge is 2.33. The van der Waals surface area contributed by atoms with Gasteiger partial charge >= 0.3 is 12.1 Å². The number of ether oxygens (including phenoxy) is 1. The number of thioether (sulfide) groups is 1. The number of rotatable bonds is 11. The Morgan fingerprint density at radius 3 is 2.21 bits per heavy atom. The number of amides is 2. The Morgan fingerprint density at radius 1 is 1.09 bits per heavy atom. The third kappa shape index (κ3) is 5.73. The molecule has 0 heterocycles. The molecule has 182 valence electrons. The van der Waals surface area contributed by atoms with Gasteiger partial charge in [0.2, 0.25) is 5.91 Å². The lowest BCUT2D eigenvalue weighted by atomic mass is 9.87. The summed E-state index contributed by atoms with van der Waals surface area (Å²) in [6.45, 7) is 3.50. The van der Waals surface area contributed by atoms with E-state index in [0.717, 1.165) is 22.3 Å². The van der Waals surface area contributed by atoms with Crippen molar-refractivity contribution in [2.45, 2.75) is 38.6 Å². The van der Waals surface area contributed by atoms with Crippen LogP contribution in [0.2, 0.25) is 0 Å². The average Bonchev–Trinajstić information content (AvgIpc) is 3.17. The molecule has 1 unspecified atom stereocenters. The van der Waals surface area contributed by atoms with Gasteiger partial charge in [0, 0.05) is 12.5 Å². The zero-order valence-electron chi connectivity index (χ0n) is 19.8. The predicted octanol–water partition coefficient (Wildman–Crippen LogP) is 4.26. The topological polar surface area (TPSA) is 105 Å². The van der Waals surface area contributed by atoms with E-state index >= 15 is 0 Å². The number of aliphatic carboxylic acids is 1. The fourth-order valence-corrected chi connectivity index (χ4v) is 4.52. The quantitative estimate of drug-likeness (QED) is 0.440. The number of fused-ring (bicyclic) bond motifs is 3. The first kappa shape index (κ1) is 25.6. The summed E-state index contributed by atoms with van der Waals surface area (Å²) in [7, 11) is 0. The van der Waals surface area contributed by atoms with Crippen molar-refractivity contribution in [3.05, 3.63) is 59.7 Å². The zero-order chi connectivity index (χ0) is 24.7. The number of hydrogen-bond acceptors (Lipinski definition) is 5. The first-order chi connectivity index (χ1) is 16.3. The lowest BCUT2D eigenvalue weighted by molar-refractivity contribution is -0.148. The monoisotopic (exact) mass is 484 g/mol. The molecule has 7 nitrogen and oxygen atoms in total. The van der Waals surface area contributed by atoms with Crippen LogP contribution >= 0.6 is 11.8 Å². The Hall–Kier alpha value is -3.00. The predicted molar refractivity (Wildman–Crippen MR) is 134 cm³/mol. The highest BCUT2D eigenvalue weighted by molar-refractivity contribution is 7.98. The molecule has 0 spiro atoms. The third-order valence-corrected chi connectivity index (χ3v) is 7.16. The van der Waals surface area contributed by atoms with Gasteiger partial charge in [-0.25, -0.2) is 4.79 Å². The third-order valence-electron chi connectivity index (χ3n) is 6.51. The summed E-state index contributed by atoms with van der Waals surface area (Å²) in [5.41, 5.74) is 3.44. The summed E-state index contributed by atoms with van der Waals surface area (Å²) in [6.07, 6.45) is 2.03. The summed E-state index contributed by atoms with van der Waals surface area (Å²) < 4.78 is 5.57. The number of hydrogen-bond donors (Lipinski definition) is 3. The molecule has 2 atom stereocenters. The van der Waals surface area contributed by atoms with Gasteiger partial charge in [0.15, 0.2) is 0 Å². The first-order valence-electron chi connectivity index (χ1n) is 11.4. The highest BCUT2D eigenvalue weighted by Crippen LogP contribution is 2.44. The van der Waals surface area contributed by atoms with Crippen LogP contribution in [0.15, 0.2) is 48.5 Å². The van der Waals surface area contributed by atoms with Gasteiger partial charge in [-0.1, -0.05) is 55.5 Å². The average molecular weight is 485 g/mol. The van der Waals surface area contributed by atoms with Gasteiger partial charge < -0.3 is 20.5 Å². The summed E-state index contributed by atoms with van der Waals surface area (Å²) in [4.78, 5) is 37.0. The van der Waals surface area contributed by atoms with Crippen LogP contribution in [0.3, 0.4) is 0 Å². The minimum atomic E-state index is -1.07. The number of carboxylic acids is 1. The van der Waals surface area contributed by atoms with Crippen LogP contribution in [0, 0.1) is 5.41 Å². The lowest BCUT2D eigenvalue weighted by Gasteiger charge is -2.25. The van der Waals surface area contributed by atoms with Gasteiger partial charge in [-0.2, -0.15) is 11.8 Å². The number of alkyl carbamates (subject to hydrolysis) is 1. The molecule has 0 aliphatic heterocycles. The molecule has 2 aromatic carbocycles. The maximum atomic E-state index is 12.8. The van der Waals surface area contributed by atoms with Crippen LogP contribution in [0.4, 0.5) is 4.79 Å². The summed E-state index contributed by atoms with van der Waals surface area (Å²) in [5, 5.41) is 14.8. The number of carbonyl (C=O) groups is 3. The van der Waals surface area contributed by atoms with Crippen molar-refractivity contribution >= 4 is 29.7 Å². The summed E-state index contributed by atoms with van der Waals surface area (Å²) in [5.74, 6) is -0.799. The van der Waals surface area contributed by atoms with Crippen LogP contribution in [-0.4, -0.2) is 54.3 Å². The van der Waals surface area contributed by atoms with E-state index in [-0.39, 0.29) is 19.1 Å². The first-order valence-corrected chi connectivity index (χ1v) is 12.8. The normalized spacial score (nSPS) is 14.9. The van der Waals surface area contributed by atoms with Crippen LogP contribution in [0.5, 0.6) is 0 Å². The summed E-state index contributed by atoms with van der Waals surface area (Å²) in [6, 6.07) is 15.4. The lowest BCUT2D eigenvalue weighted by Crippen LogP contribution is -2.50. The van der Waals surface area contributed by atoms with E-state index in [2.05, 4.69) is 22.8 Å². The van der Waals surface area contributed by atoms with E-state index in [0.29, 0.717) is 18.6 Å². The van der Waals surface area contributed by atoms with E-state index < -0.39 is 29.4 Å².